The van der Waals surface area contributed by atoms with Crippen molar-refractivity contribution in [2.24, 2.45) is 11.8 Å². The first kappa shape index (κ1) is 8.48. The Hall–Kier alpha value is -0.120. The average Bonchev–Trinajstić information content (AvgIpc) is 2.02. The van der Waals surface area contributed by atoms with Crippen LogP contribution in [0.5, 0.6) is 0 Å². The molecule has 0 aromatic heterocycles. The first-order valence-corrected chi connectivity index (χ1v) is 4.69. The summed E-state index contributed by atoms with van der Waals surface area (Å²) in [5, 5.41) is 3.42. The fourth-order valence-corrected chi connectivity index (χ4v) is 1.59. The van der Waals surface area contributed by atoms with Gasteiger partial charge >= 0.3 is 0 Å². The summed E-state index contributed by atoms with van der Waals surface area (Å²) in [4.78, 5) is 0. The highest BCUT2D eigenvalue weighted by Gasteiger charge is 2.43. The SMILES string of the molecule is CC(C)C1CNC2(COC2)OC1. The van der Waals surface area contributed by atoms with Crippen molar-refractivity contribution in [2.45, 2.75) is 19.6 Å². The van der Waals surface area contributed by atoms with Crippen molar-refractivity contribution in [2.75, 3.05) is 26.4 Å². The smallest absolute Gasteiger partial charge is 0.166 e. The summed E-state index contributed by atoms with van der Waals surface area (Å²) in [6.07, 6.45) is 0. The van der Waals surface area contributed by atoms with Crippen LogP contribution in [0.4, 0.5) is 0 Å². The van der Waals surface area contributed by atoms with E-state index in [9.17, 15) is 0 Å². The van der Waals surface area contributed by atoms with Crippen molar-refractivity contribution in [3.63, 3.8) is 0 Å². The summed E-state index contributed by atoms with van der Waals surface area (Å²) in [5.74, 6) is 1.37. The normalized spacial score (nSPS) is 33.8. The minimum Gasteiger partial charge on any atom is -0.372 e. The molecule has 0 radical (unpaired) electrons. The highest BCUT2D eigenvalue weighted by Crippen LogP contribution is 2.25. The Morgan fingerprint density at radius 1 is 1.42 bits per heavy atom. The third-order valence-electron chi connectivity index (χ3n) is 2.87. The average molecular weight is 171 g/mol. The molecule has 3 heteroatoms. The molecule has 2 rings (SSSR count). The van der Waals surface area contributed by atoms with Crippen molar-refractivity contribution in [3.8, 4) is 0 Å². The third-order valence-corrected chi connectivity index (χ3v) is 2.87. The Kier molecular flexibility index (Phi) is 2.10. The fourth-order valence-electron chi connectivity index (χ4n) is 1.59. The third kappa shape index (κ3) is 1.37. The van der Waals surface area contributed by atoms with E-state index in [2.05, 4.69) is 19.2 Å². The number of rotatable bonds is 1. The molecule has 1 unspecified atom stereocenters. The highest BCUT2D eigenvalue weighted by atomic mass is 16.6. The molecule has 2 fully saturated rings. The molecular formula is C9H17NO2. The molecular weight excluding hydrogens is 154 g/mol. The predicted octanol–water partition coefficient (Wildman–Crippen LogP) is 0.605. The molecule has 1 atom stereocenters. The molecule has 2 heterocycles. The Morgan fingerprint density at radius 2 is 2.17 bits per heavy atom. The van der Waals surface area contributed by atoms with Crippen molar-refractivity contribution < 1.29 is 9.47 Å². The molecule has 70 valence electrons. The maximum absolute atomic E-state index is 5.74. The van der Waals surface area contributed by atoms with Gasteiger partial charge in [0, 0.05) is 6.54 Å². The van der Waals surface area contributed by atoms with Crippen molar-refractivity contribution >= 4 is 0 Å². The molecule has 2 aliphatic rings. The van der Waals surface area contributed by atoms with E-state index >= 15 is 0 Å². The van der Waals surface area contributed by atoms with Crippen molar-refractivity contribution in [1.82, 2.24) is 5.32 Å². The van der Waals surface area contributed by atoms with E-state index in [0.29, 0.717) is 11.8 Å². The number of ether oxygens (including phenoxy) is 2. The van der Waals surface area contributed by atoms with E-state index in [-0.39, 0.29) is 5.72 Å². The number of hydrogen-bond acceptors (Lipinski definition) is 3. The molecule has 0 bridgehead atoms. The zero-order chi connectivity index (χ0) is 8.60. The summed E-state index contributed by atoms with van der Waals surface area (Å²) in [6.45, 7) is 7.88. The molecule has 12 heavy (non-hydrogen) atoms. The summed E-state index contributed by atoms with van der Waals surface area (Å²) in [5.41, 5.74) is -0.106. The van der Waals surface area contributed by atoms with Crippen LogP contribution in [0.2, 0.25) is 0 Å². The first-order valence-electron chi connectivity index (χ1n) is 4.69. The van der Waals surface area contributed by atoms with Gasteiger partial charge < -0.3 is 9.47 Å². The molecule has 2 saturated heterocycles. The van der Waals surface area contributed by atoms with Gasteiger partial charge in [-0.25, -0.2) is 0 Å². The van der Waals surface area contributed by atoms with Gasteiger partial charge in [0.05, 0.1) is 19.8 Å². The minimum absolute atomic E-state index is 0.106. The molecule has 0 amide bonds. The Morgan fingerprint density at radius 3 is 2.50 bits per heavy atom. The Labute approximate surface area is 73.4 Å². The number of nitrogens with one attached hydrogen (secondary N) is 1. The largest absolute Gasteiger partial charge is 0.372 e. The van der Waals surface area contributed by atoms with E-state index in [1.54, 1.807) is 0 Å². The second kappa shape index (κ2) is 2.98. The van der Waals surface area contributed by atoms with Gasteiger partial charge in [-0.2, -0.15) is 0 Å². The molecule has 1 N–H and O–H groups in total. The van der Waals surface area contributed by atoms with Gasteiger partial charge in [-0.15, -0.1) is 0 Å². The van der Waals surface area contributed by atoms with Gasteiger partial charge in [0.1, 0.15) is 0 Å². The second-order valence-electron chi connectivity index (χ2n) is 4.18. The summed E-state index contributed by atoms with van der Waals surface area (Å²) >= 11 is 0. The zero-order valence-corrected chi connectivity index (χ0v) is 7.80. The van der Waals surface area contributed by atoms with E-state index in [4.69, 9.17) is 9.47 Å². The first-order chi connectivity index (χ1) is 5.72. The summed E-state index contributed by atoms with van der Waals surface area (Å²) in [7, 11) is 0. The van der Waals surface area contributed by atoms with Crippen LogP contribution in [-0.4, -0.2) is 32.1 Å². The minimum atomic E-state index is -0.106. The van der Waals surface area contributed by atoms with Gasteiger partial charge in [-0.1, -0.05) is 13.8 Å². The molecule has 3 nitrogen and oxygen atoms in total. The van der Waals surface area contributed by atoms with E-state index in [0.717, 1.165) is 26.4 Å². The lowest BCUT2D eigenvalue weighted by Gasteiger charge is -2.47. The van der Waals surface area contributed by atoms with Gasteiger partial charge in [0.2, 0.25) is 0 Å². The zero-order valence-electron chi connectivity index (χ0n) is 7.80. The maximum Gasteiger partial charge on any atom is 0.166 e. The molecule has 0 aromatic carbocycles. The van der Waals surface area contributed by atoms with Crippen LogP contribution in [-0.2, 0) is 9.47 Å². The fraction of sp³-hybridized carbons (Fsp3) is 1.00. The van der Waals surface area contributed by atoms with Crippen LogP contribution >= 0.6 is 0 Å². The van der Waals surface area contributed by atoms with Crippen LogP contribution in [0.25, 0.3) is 0 Å². The molecule has 0 aliphatic carbocycles. The van der Waals surface area contributed by atoms with E-state index in [1.807, 2.05) is 0 Å². The van der Waals surface area contributed by atoms with Gasteiger partial charge in [0.15, 0.2) is 5.72 Å². The molecule has 1 spiro atoms. The lowest BCUT2D eigenvalue weighted by Crippen LogP contribution is -2.66. The molecule has 0 saturated carbocycles. The summed E-state index contributed by atoms with van der Waals surface area (Å²) < 4.78 is 10.9. The quantitative estimate of drug-likeness (QED) is 0.627. The lowest BCUT2D eigenvalue weighted by atomic mass is 9.94. The van der Waals surface area contributed by atoms with Gasteiger partial charge in [-0.05, 0) is 11.8 Å². The maximum atomic E-state index is 5.74. The van der Waals surface area contributed by atoms with Crippen LogP contribution in [0, 0.1) is 11.8 Å². The van der Waals surface area contributed by atoms with Crippen LogP contribution in [0.3, 0.4) is 0 Å². The van der Waals surface area contributed by atoms with Crippen LogP contribution in [0.1, 0.15) is 13.8 Å². The van der Waals surface area contributed by atoms with Crippen LogP contribution in [0.15, 0.2) is 0 Å². The van der Waals surface area contributed by atoms with Gasteiger partial charge in [-0.3, -0.25) is 5.32 Å². The van der Waals surface area contributed by atoms with Crippen molar-refractivity contribution in [1.29, 1.82) is 0 Å². The van der Waals surface area contributed by atoms with Crippen molar-refractivity contribution in [3.05, 3.63) is 0 Å². The van der Waals surface area contributed by atoms with E-state index < -0.39 is 0 Å². The molecule has 2 aliphatic heterocycles. The lowest BCUT2D eigenvalue weighted by molar-refractivity contribution is -0.250. The standard InChI is InChI=1S/C9H17NO2/c1-7(2)8-3-10-9(12-4-8)5-11-6-9/h7-8,10H,3-6H2,1-2H3. The molecule has 0 aromatic rings. The predicted molar refractivity (Wildman–Crippen MR) is 45.8 cm³/mol. The topological polar surface area (TPSA) is 30.5 Å². The monoisotopic (exact) mass is 171 g/mol. The summed E-state index contributed by atoms with van der Waals surface area (Å²) in [6, 6.07) is 0. The second-order valence-corrected chi connectivity index (χ2v) is 4.18. The Balaban J connectivity index is 1.84. The van der Waals surface area contributed by atoms with E-state index in [1.165, 1.54) is 0 Å². The number of hydrogen-bond donors (Lipinski definition) is 1. The highest BCUT2D eigenvalue weighted by molar-refractivity contribution is 4.89. The Bertz CT molecular complexity index is 156. The van der Waals surface area contributed by atoms with Crippen LogP contribution < -0.4 is 5.32 Å². The van der Waals surface area contributed by atoms with Gasteiger partial charge in [0.25, 0.3) is 0 Å².